The lowest BCUT2D eigenvalue weighted by molar-refractivity contribution is 0.112. The van der Waals surface area contributed by atoms with Crippen LogP contribution >= 0.6 is 11.3 Å². The molecule has 2 heterocycles. The number of aldehydes is 1. The van der Waals surface area contributed by atoms with E-state index >= 15 is 0 Å². The van der Waals surface area contributed by atoms with Crippen LogP contribution in [0.3, 0.4) is 0 Å². The van der Waals surface area contributed by atoms with Crippen LogP contribution in [-0.2, 0) is 7.05 Å². The fourth-order valence-corrected chi connectivity index (χ4v) is 1.89. The summed E-state index contributed by atoms with van der Waals surface area (Å²) in [7, 11) is 1.93. The van der Waals surface area contributed by atoms with Crippen LogP contribution < -0.4 is 0 Å². The highest BCUT2D eigenvalue weighted by atomic mass is 32.1. The summed E-state index contributed by atoms with van der Waals surface area (Å²) in [6.07, 6.45) is 4.40. The molecule has 0 atom stereocenters. The molecule has 2 rings (SSSR count). The molecule has 0 saturated heterocycles. The van der Waals surface area contributed by atoms with E-state index < -0.39 is 0 Å². The molecule has 0 aliphatic heterocycles. The van der Waals surface area contributed by atoms with Crippen molar-refractivity contribution in [2.24, 2.45) is 7.05 Å². The Hall–Kier alpha value is -1.42. The van der Waals surface area contributed by atoms with Crippen LogP contribution in [0, 0.1) is 0 Å². The topological polar surface area (TPSA) is 34.9 Å². The predicted octanol–water partition coefficient (Wildman–Crippen LogP) is 1.96. The van der Waals surface area contributed by atoms with Crippen LogP contribution in [0.25, 0.3) is 11.3 Å². The Morgan fingerprint density at radius 3 is 3.00 bits per heavy atom. The predicted molar refractivity (Wildman–Crippen MR) is 51.9 cm³/mol. The largest absolute Gasteiger partial charge is 0.334 e. The fraction of sp³-hybridized carbons (Fsp3) is 0.111. The van der Waals surface area contributed by atoms with Crippen LogP contribution in [0.5, 0.6) is 0 Å². The van der Waals surface area contributed by atoms with Gasteiger partial charge in [-0.25, -0.2) is 4.98 Å². The molecule has 0 N–H and O–H groups in total. The average molecular weight is 192 g/mol. The average Bonchev–Trinajstić information content (AvgIpc) is 2.71. The van der Waals surface area contributed by atoms with Crippen molar-refractivity contribution in [1.29, 1.82) is 0 Å². The van der Waals surface area contributed by atoms with Crippen molar-refractivity contribution >= 4 is 17.6 Å². The second kappa shape index (κ2) is 3.14. The Balaban J connectivity index is 2.46. The first-order valence-electron chi connectivity index (χ1n) is 3.81. The van der Waals surface area contributed by atoms with E-state index in [1.165, 1.54) is 11.3 Å². The molecule has 0 bridgehead atoms. The second-order valence-electron chi connectivity index (χ2n) is 2.75. The van der Waals surface area contributed by atoms with Gasteiger partial charge in [-0.2, -0.15) is 0 Å². The molecule has 66 valence electrons. The number of hydrogen-bond donors (Lipinski definition) is 0. The molecule has 0 aromatic carbocycles. The van der Waals surface area contributed by atoms with Gasteiger partial charge in [0.1, 0.15) is 0 Å². The van der Waals surface area contributed by atoms with Crippen molar-refractivity contribution in [2.45, 2.75) is 0 Å². The quantitative estimate of drug-likeness (QED) is 0.682. The van der Waals surface area contributed by atoms with Crippen molar-refractivity contribution in [2.75, 3.05) is 0 Å². The van der Waals surface area contributed by atoms with Gasteiger partial charge in [0.2, 0.25) is 0 Å². The highest BCUT2D eigenvalue weighted by molar-refractivity contribution is 7.12. The second-order valence-corrected chi connectivity index (χ2v) is 3.69. The minimum absolute atomic E-state index is 0.746. The molecule has 3 nitrogen and oxygen atoms in total. The minimum atomic E-state index is 0.746. The third-order valence-electron chi connectivity index (χ3n) is 1.85. The summed E-state index contributed by atoms with van der Waals surface area (Å²) in [6, 6.07) is 1.87. The number of carbonyl (C=O) groups is 1. The van der Waals surface area contributed by atoms with Crippen LogP contribution in [0.2, 0.25) is 0 Å². The number of thiophene rings is 1. The molecule has 0 amide bonds. The first-order valence-corrected chi connectivity index (χ1v) is 4.69. The Morgan fingerprint density at radius 1 is 1.62 bits per heavy atom. The van der Waals surface area contributed by atoms with Gasteiger partial charge in [-0.15, -0.1) is 11.3 Å². The maximum Gasteiger partial charge on any atom is 0.160 e. The first-order chi connectivity index (χ1) is 6.31. The molecule has 13 heavy (non-hydrogen) atoms. The van der Waals surface area contributed by atoms with Crippen LogP contribution in [-0.4, -0.2) is 15.8 Å². The number of nitrogens with zero attached hydrogens (tertiary/aromatic N) is 2. The van der Waals surface area contributed by atoms with Crippen molar-refractivity contribution in [3.8, 4) is 11.3 Å². The fourth-order valence-electron chi connectivity index (χ4n) is 1.18. The van der Waals surface area contributed by atoms with Gasteiger partial charge in [0, 0.05) is 18.0 Å². The zero-order chi connectivity index (χ0) is 9.26. The third-order valence-corrected chi connectivity index (χ3v) is 2.71. The van der Waals surface area contributed by atoms with E-state index in [0.717, 1.165) is 22.4 Å². The van der Waals surface area contributed by atoms with E-state index in [-0.39, 0.29) is 0 Å². The molecule has 4 heteroatoms. The summed E-state index contributed by atoms with van der Waals surface area (Å²) in [4.78, 5) is 15.2. The summed E-state index contributed by atoms with van der Waals surface area (Å²) in [5, 5.41) is 1.96. The van der Waals surface area contributed by atoms with Gasteiger partial charge in [0.05, 0.1) is 23.1 Å². The summed E-state index contributed by atoms with van der Waals surface area (Å²) < 4.78 is 1.93. The molecule has 0 aliphatic rings. The minimum Gasteiger partial charge on any atom is -0.334 e. The summed E-state index contributed by atoms with van der Waals surface area (Å²) in [5.41, 5.74) is 2.08. The molecule has 0 unspecified atom stereocenters. The highest BCUT2D eigenvalue weighted by Crippen LogP contribution is 2.23. The zero-order valence-corrected chi connectivity index (χ0v) is 7.91. The lowest BCUT2D eigenvalue weighted by Gasteiger charge is -1.96. The van der Waals surface area contributed by atoms with Gasteiger partial charge in [0.25, 0.3) is 0 Å². The first kappa shape index (κ1) is 8.19. The Kier molecular flexibility index (Phi) is 1.98. The van der Waals surface area contributed by atoms with E-state index in [1.54, 1.807) is 12.5 Å². The number of aryl methyl sites for hydroxylation is 1. The van der Waals surface area contributed by atoms with Gasteiger partial charge >= 0.3 is 0 Å². The van der Waals surface area contributed by atoms with Crippen LogP contribution in [0.15, 0.2) is 24.0 Å². The summed E-state index contributed by atoms with van der Waals surface area (Å²) >= 11 is 1.45. The standard InChI is InChI=1S/C9H8N2OS/c1-11-6-10-3-9(11)7-2-8(4-12)13-5-7/h2-6H,1H3. The van der Waals surface area contributed by atoms with E-state index in [2.05, 4.69) is 4.98 Å². The highest BCUT2D eigenvalue weighted by Gasteiger charge is 2.04. The molecule has 0 spiro atoms. The maximum absolute atomic E-state index is 10.5. The van der Waals surface area contributed by atoms with Crippen LogP contribution in [0.1, 0.15) is 9.67 Å². The zero-order valence-electron chi connectivity index (χ0n) is 7.10. The van der Waals surface area contributed by atoms with Crippen LogP contribution in [0.4, 0.5) is 0 Å². The molecule has 0 aliphatic carbocycles. The Labute approximate surface area is 79.7 Å². The van der Waals surface area contributed by atoms with Crippen molar-refractivity contribution in [3.63, 3.8) is 0 Å². The van der Waals surface area contributed by atoms with Gasteiger partial charge < -0.3 is 4.57 Å². The Bertz CT molecular complexity index is 430. The summed E-state index contributed by atoms with van der Waals surface area (Å²) in [5.74, 6) is 0. The van der Waals surface area contributed by atoms with E-state index in [0.29, 0.717) is 0 Å². The lowest BCUT2D eigenvalue weighted by atomic mass is 10.2. The third kappa shape index (κ3) is 1.40. The van der Waals surface area contributed by atoms with E-state index in [4.69, 9.17) is 0 Å². The number of aromatic nitrogens is 2. The van der Waals surface area contributed by atoms with E-state index in [1.807, 2.05) is 23.1 Å². The molecular weight excluding hydrogens is 184 g/mol. The number of hydrogen-bond acceptors (Lipinski definition) is 3. The molecule has 2 aromatic rings. The van der Waals surface area contributed by atoms with Crippen molar-refractivity contribution in [1.82, 2.24) is 9.55 Å². The van der Waals surface area contributed by atoms with E-state index in [9.17, 15) is 4.79 Å². The molecule has 0 fully saturated rings. The SMILES string of the molecule is Cn1cncc1-c1csc(C=O)c1. The maximum atomic E-state index is 10.5. The summed E-state index contributed by atoms with van der Waals surface area (Å²) in [6.45, 7) is 0. The smallest absolute Gasteiger partial charge is 0.160 e. The Morgan fingerprint density at radius 2 is 2.46 bits per heavy atom. The number of imidazole rings is 1. The molecule has 2 aromatic heterocycles. The normalized spacial score (nSPS) is 10.2. The monoisotopic (exact) mass is 192 g/mol. The van der Waals surface area contributed by atoms with Gasteiger partial charge in [-0.3, -0.25) is 4.79 Å². The number of rotatable bonds is 2. The van der Waals surface area contributed by atoms with Crippen molar-refractivity contribution in [3.05, 3.63) is 28.8 Å². The van der Waals surface area contributed by atoms with Gasteiger partial charge in [-0.05, 0) is 6.07 Å². The molecule has 0 saturated carbocycles. The van der Waals surface area contributed by atoms with Gasteiger partial charge in [-0.1, -0.05) is 0 Å². The lowest BCUT2D eigenvalue weighted by Crippen LogP contribution is -1.86. The van der Waals surface area contributed by atoms with Crippen molar-refractivity contribution < 1.29 is 4.79 Å². The number of carbonyl (C=O) groups excluding carboxylic acids is 1. The molecular formula is C9H8N2OS. The van der Waals surface area contributed by atoms with Gasteiger partial charge in [0.15, 0.2) is 6.29 Å². The molecule has 0 radical (unpaired) electrons.